The van der Waals surface area contributed by atoms with Gasteiger partial charge in [0, 0.05) is 35.7 Å². The van der Waals surface area contributed by atoms with E-state index in [-0.39, 0.29) is 0 Å². The molecule has 0 amide bonds. The molecule has 2 unspecified atom stereocenters. The highest BCUT2D eigenvalue weighted by Crippen LogP contribution is 2.32. The summed E-state index contributed by atoms with van der Waals surface area (Å²) in [7, 11) is 2.10. The van der Waals surface area contributed by atoms with Gasteiger partial charge in [-0.3, -0.25) is 4.90 Å². The second-order valence-electron chi connectivity index (χ2n) is 5.38. The molecule has 0 aromatic carbocycles. The van der Waals surface area contributed by atoms with Crippen LogP contribution in [0, 0.1) is 0 Å². The molecule has 2 aliphatic heterocycles. The van der Waals surface area contributed by atoms with Crippen molar-refractivity contribution in [3.05, 3.63) is 0 Å². The van der Waals surface area contributed by atoms with Crippen LogP contribution in [0.2, 0.25) is 0 Å². The first-order chi connectivity index (χ1) is 7.13. The molecule has 0 aromatic rings. The molecule has 3 heteroatoms. The third kappa shape index (κ3) is 2.69. The summed E-state index contributed by atoms with van der Waals surface area (Å²) in [4.78, 5) is 2.72. The fraction of sp³-hybridized carbons (Fsp3) is 1.00. The average Bonchev–Trinajstić information content (AvgIpc) is 2.66. The highest BCUT2D eigenvalue weighted by atomic mass is 32.2. The lowest BCUT2D eigenvalue weighted by atomic mass is 9.89. The summed E-state index contributed by atoms with van der Waals surface area (Å²) in [5, 5.41) is 4.35. The molecule has 2 aliphatic rings. The minimum Gasteiger partial charge on any atom is -0.314 e. The Bertz CT molecular complexity index is 212. The van der Waals surface area contributed by atoms with Gasteiger partial charge in [0.2, 0.25) is 0 Å². The highest BCUT2D eigenvalue weighted by molar-refractivity contribution is 8.00. The summed E-state index contributed by atoms with van der Waals surface area (Å²) >= 11 is 2.15. The molecule has 1 N–H and O–H groups in total. The Balaban J connectivity index is 1.83. The maximum atomic E-state index is 3.47. The van der Waals surface area contributed by atoms with E-state index in [0.717, 1.165) is 11.3 Å². The minimum atomic E-state index is 0.397. The molecule has 2 rings (SSSR count). The standard InChI is InChI=1S/C12H24N2S/c1-10-8-11(9-15-10)14-6-4-12(2,13-3)5-7-14/h10-11,13H,4-9H2,1-3H3. The van der Waals surface area contributed by atoms with Crippen LogP contribution in [0.1, 0.15) is 33.1 Å². The van der Waals surface area contributed by atoms with E-state index in [1.165, 1.54) is 38.1 Å². The lowest BCUT2D eigenvalue weighted by molar-refractivity contribution is 0.118. The lowest BCUT2D eigenvalue weighted by Crippen LogP contribution is -2.52. The van der Waals surface area contributed by atoms with Crippen molar-refractivity contribution in [3.8, 4) is 0 Å². The van der Waals surface area contributed by atoms with E-state index in [0.29, 0.717) is 5.54 Å². The molecule has 2 heterocycles. The summed E-state index contributed by atoms with van der Waals surface area (Å²) in [6.07, 6.45) is 4.01. The fourth-order valence-electron chi connectivity index (χ4n) is 2.68. The van der Waals surface area contributed by atoms with E-state index >= 15 is 0 Å². The van der Waals surface area contributed by atoms with Gasteiger partial charge in [0.25, 0.3) is 0 Å². The average molecular weight is 228 g/mol. The number of nitrogens with zero attached hydrogens (tertiary/aromatic N) is 1. The van der Waals surface area contributed by atoms with Crippen molar-refractivity contribution in [3.63, 3.8) is 0 Å². The molecular weight excluding hydrogens is 204 g/mol. The number of hydrogen-bond acceptors (Lipinski definition) is 3. The Morgan fingerprint density at radius 3 is 2.47 bits per heavy atom. The van der Waals surface area contributed by atoms with Gasteiger partial charge in [-0.15, -0.1) is 0 Å². The molecule has 0 aliphatic carbocycles. The third-order valence-corrected chi connectivity index (χ3v) is 5.54. The van der Waals surface area contributed by atoms with E-state index in [1.807, 2.05) is 0 Å². The maximum Gasteiger partial charge on any atom is 0.0196 e. The zero-order valence-corrected chi connectivity index (χ0v) is 11.1. The van der Waals surface area contributed by atoms with Crippen molar-refractivity contribution >= 4 is 11.8 Å². The van der Waals surface area contributed by atoms with Crippen LogP contribution in [0.3, 0.4) is 0 Å². The normalized spacial score (nSPS) is 37.0. The van der Waals surface area contributed by atoms with Gasteiger partial charge < -0.3 is 5.32 Å². The third-order valence-electron chi connectivity index (χ3n) is 4.20. The lowest BCUT2D eigenvalue weighted by Gasteiger charge is -2.41. The summed E-state index contributed by atoms with van der Waals surface area (Å²) < 4.78 is 0. The molecule has 0 spiro atoms. The van der Waals surface area contributed by atoms with E-state index in [1.54, 1.807) is 0 Å². The number of thioether (sulfide) groups is 1. The first-order valence-corrected chi connectivity index (χ1v) is 7.22. The Labute approximate surface area is 98.2 Å². The molecule has 2 fully saturated rings. The van der Waals surface area contributed by atoms with Gasteiger partial charge in [0.1, 0.15) is 0 Å². The Morgan fingerprint density at radius 1 is 1.33 bits per heavy atom. The summed E-state index contributed by atoms with van der Waals surface area (Å²) in [5.74, 6) is 1.36. The first kappa shape index (κ1) is 11.7. The van der Waals surface area contributed by atoms with Crippen molar-refractivity contribution in [2.24, 2.45) is 0 Å². The van der Waals surface area contributed by atoms with Crippen LogP contribution in [0.4, 0.5) is 0 Å². The van der Waals surface area contributed by atoms with Gasteiger partial charge in [-0.2, -0.15) is 11.8 Å². The molecule has 2 nitrogen and oxygen atoms in total. The zero-order chi connectivity index (χ0) is 10.9. The monoisotopic (exact) mass is 228 g/mol. The summed E-state index contributed by atoms with van der Waals surface area (Å²) in [5.41, 5.74) is 0.397. The largest absolute Gasteiger partial charge is 0.314 e. The SMILES string of the molecule is CNC1(C)CCN(C2CSC(C)C2)CC1. The van der Waals surface area contributed by atoms with Crippen LogP contribution >= 0.6 is 11.8 Å². The molecule has 0 aromatic heterocycles. The predicted octanol–water partition coefficient (Wildman–Crippen LogP) is 1.95. The Morgan fingerprint density at radius 2 is 2.00 bits per heavy atom. The Hall–Kier alpha value is 0.270. The van der Waals surface area contributed by atoms with Gasteiger partial charge in [-0.25, -0.2) is 0 Å². The first-order valence-electron chi connectivity index (χ1n) is 6.17. The van der Waals surface area contributed by atoms with Crippen LogP contribution < -0.4 is 5.32 Å². The van der Waals surface area contributed by atoms with Crippen molar-refractivity contribution in [2.75, 3.05) is 25.9 Å². The summed E-state index contributed by atoms with van der Waals surface area (Å²) in [6, 6.07) is 0.867. The van der Waals surface area contributed by atoms with Gasteiger partial charge in [0.05, 0.1) is 0 Å². The van der Waals surface area contributed by atoms with Crippen molar-refractivity contribution in [1.82, 2.24) is 10.2 Å². The number of rotatable bonds is 2. The van der Waals surface area contributed by atoms with Crippen molar-refractivity contribution < 1.29 is 0 Å². The molecule has 88 valence electrons. The molecule has 15 heavy (non-hydrogen) atoms. The van der Waals surface area contributed by atoms with Gasteiger partial charge in [-0.05, 0) is 33.2 Å². The zero-order valence-electron chi connectivity index (χ0n) is 10.3. The van der Waals surface area contributed by atoms with E-state index in [2.05, 4.69) is 42.9 Å². The number of nitrogens with one attached hydrogen (secondary N) is 1. The number of piperidine rings is 1. The molecule has 0 bridgehead atoms. The van der Waals surface area contributed by atoms with Crippen molar-refractivity contribution in [1.29, 1.82) is 0 Å². The van der Waals surface area contributed by atoms with Crippen molar-refractivity contribution in [2.45, 2.75) is 49.9 Å². The second kappa shape index (κ2) is 4.64. The molecule has 0 radical (unpaired) electrons. The van der Waals surface area contributed by atoms with Gasteiger partial charge in [0.15, 0.2) is 0 Å². The molecule has 2 saturated heterocycles. The number of likely N-dealkylation sites (tertiary alicyclic amines) is 1. The van der Waals surface area contributed by atoms with E-state index in [9.17, 15) is 0 Å². The van der Waals surface area contributed by atoms with Crippen LogP contribution in [-0.2, 0) is 0 Å². The minimum absolute atomic E-state index is 0.397. The fourth-order valence-corrected chi connectivity index (χ4v) is 3.94. The summed E-state index contributed by atoms with van der Waals surface area (Å²) in [6.45, 7) is 7.30. The smallest absolute Gasteiger partial charge is 0.0196 e. The van der Waals surface area contributed by atoms with E-state index < -0.39 is 0 Å². The Kier molecular flexibility index (Phi) is 3.63. The van der Waals surface area contributed by atoms with Crippen LogP contribution in [-0.4, -0.2) is 47.6 Å². The molecule has 2 atom stereocenters. The predicted molar refractivity (Wildman–Crippen MR) is 68.6 cm³/mol. The van der Waals surface area contributed by atoms with Crippen LogP contribution in [0.15, 0.2) is 0 Å². The van der Waals surface area contributed by atoms with Crippen LogP contribution in [0.5, 0.6) is 0 Å². The number of hydrogen-bond donors (Lipinski definition) is 1. The maximum absolute atomic E-state index is 3.47. The molecule has 0 saturated carbocycles. The van der Waals surface area contributed by atoms with Gasteiger partial charge in [-0.1, -0.05) is 6.92 Å². The topological polar surface area (TPSA) is 15.3 Å². The highest BCUT2D eigenvalue weighted by Gasteiger charge is 2.33. The molecular formula is C12H24N2S. The second-order valence-corrected chi connectivity index (χ2v) is 6.85. The van der Waals surface area contributed by atoms with E-state index in [4.69, 9.17) is 0 Å². The quantitative estimate of drug-likeness (QED) is 0.778. The van der Waals surface area contributed by atoms with Gasteiger partial charge >= 0.3 is 0 Å². The van der Waals surface area contributed by atoms with Crippen LogP contribution in [0.25, 0.3) is 0 Å².